The molecule has 8 heteroatoms. The number of amides is 1. The van der Waals surface area contributed by atoms with Gasteiger partial charge in [0.1, 0.15) is 5.75 Å². The molecule has 1 amide bonds. The third kappa shape index (κ3) is 2.69. The van der Waals surface area contributed by atoms with Gasteiger partial charge >= 0.3 is 0 Å². The highest BCUT2D eigenvalue weighted by Crippen LogP contribution is 2.32. The lowest BCUT2D eigenvalue weighted by Crippen LogP contribution is -2.50. The molecule has 1 aromatic rings. The number of anilines is 1. The van der Waals surface area contributed by atoms with E-state index in [-0.39, 0.29) is 29.6 Å². The lowest BCUT2D eigenvalue weighted by molar-refractivity contribution is -0.118. The fraction of sp³-hybridized carbons (Fsp3) is 0.500. The van der Waals surface area contributed by atoms with E-state index >= 15 is 0 Å². The first-order valence-corrected chi connectivity index (χ1v) is 8.52. The second-order valence-corrected chi connectivity index (χ2v) is 7.45. The standard InChI is InChI=1S/C14H18N2O5S/c1-9-7-20-10(2)6-16(9)22(18,19)11-3-4-13-12(5-11)15-14(17)8-21-13/h3-5,9-10H,6-8H2,1-2H3,(H,15,17)/t9-,10-/m0/s1. The molecule has 0 bridgehead atoms. The molecule has 3 rings (SSSR count). The number of nitrogens with zero attached hydrogens (tertiary/aromatic N) is 1. The maximum atomic E-state index is 12.8. The fourth-order valence-corrected chi connectivity index (χ4v) is 4.28. The number of carbonyl (C=O) groups is 1. The minimum Gasteiger partial charge on any atom is -0.482 e. The summed E-state index contributed by atoms with van der Waals surface area (Å²) in [5, 5.41) is 2.62. The van der Waals surface area contributed by atoms with Crippen LogP contribution in [-0.2, 0) is 19.6 Å². The zero-order valence-electron chi connectivity index (χ0n) is 12.4. The van der Waals surface area contributed by atoms with Crippen molar-refractivity contribution in [2.75, 3.05) is 25.1 Å². The normalized spacial score (nSPS) is 26.0. The number of fused-ring (bicyclic) bond motifs is 1. The Morgan fingerprint density at radius 2 is 2.09 bits per heavy atom. The van der Waals surface area contributed by atoms with E-state index in [9.17, 15) is 13.2 Å². The van der Waals surface area contributed by atoms with E-state index in [0.29, 0.717) is 24.6 Å². The summed E-state index contributed by atoms with van der Waals surface area (Å²) in [4.78, 5) is 11.5. The molecule has 2 atom stereocenters. The van der Waals surface area contributed by atoms with Crippen molar-refractivity contribution >= 4 is 21.6 Å². The molecular weight excluding hydrogens is 308 g/mol. The van der Waals surface area contributed by atoms with Crippen molar-refractivity contribution in [2.24, 2.45) is 0 Å². The molecule has 2 aliphatic rings. The predicted molar refractivity (Wildman–Crippen MR) is 79.3 cm³/mol. The van der Waals surface area contributed by atoms with E-state index in [1.54, 1.807) is 6.07 Å². The highest BCUT2D eigenvalue weighted by Gasteiger charge is 2.34. The van der Waals surface area contributed by atoms with Gasteiger partial charge < -0.3 is 14.8 Å². The lowest BCUT2D eigenvalue weighted by atomic mass is 10.2. The highest BCUT2D eigenvalue weighted by atomic mass is 32.2. The van der Waals surface area contributed by atoms with Gasteiger partial charge in [-0.2, -0.15) is 4.31 Å². The van der Waals surface area contributed by atoms with Gasteiger partial charge in [0.05, 0.1) is 23.3 Å². The molecule has 7 nitrogen and oxygen atoms in total. The number of hydrogen-bond donors (Lipinski definition) is 1. The predicted octanol–water partition coefficient (Wildman–Crippen LogP) is 0.815. The average molecular weight is 326 g/mol. The number of carbonyl (C=O) groups excluding carboxylic acids is 1. The Kier molecular flexibility index (Phi) is 3.84. The van der Waals surface area contributed by atoms with Crippen LogP contribution in [0.25, 0.3) is 0 Å². The van der Waals surface area contributed by atoms with Crippen LogP contribution in [0.2, 0.25) is 0 Å². The maximum Gasteiger partial charge on any atom is 0.262 e. The molecule has 1 saturated heterocycles. The fourth-order valence-electron chi connectivity index (χ4n) is 2.57. The third-order valence-corrected chi connectivity index (χ3v) is 5.72. The zero-order chi connectivity index (χ0) is 15.9. The minimum absolute atomic E-state index is 0.0584. The number of rotatable bonds is 2. The van der Waals surface area contributed by atoms with Gasteiger partial charge in [-0.25, -0.2) is 8.42 Å². The van der Waals surface area contributed by atoms with Crippen molar-refractivity contribution < 1.29 is 22.7 Å². The van der Waals surface area contributed by atoms with Crippen molar-refractivity contribution in [1.82, 2.24) is 4.31 Å². The molecule has 2 heterocycles. The molecule has 1 fully saturated rings. The van der Waals surface area contributed by atoms with Crippen molar-refractivity contribution in [1.29, 1.82) is 0 Å². The van der Waals surface area contributed by atoms with Gasteiger partial charge in [-0.3, -0.25) is 4.79 Å². The molecule has 0 spiro atoms. The Labute approximate surface area is 129 Å². The minimum atomic E-state index is -3.65. The lowest BCUT2D eigenvalue weighted by Gasteiger charge is -2.35. The second kappa shape index (κ2) is 5.53. The molecule has 0 aromatic heterocycles. The van der Waals surface area contributed by atoms with Crippen LogP contribution in [0.3, 0.4) is 0 Å². The molecule has 22 heavy (non-hydrogen) atoms. The molecular formula is C14H18N2O5S. The van der Waals surface area contributed by atoms with E-state index in [4.69, 9.17) is 9.47 Å². The van der Waals surface area contributed by atoms with Crippen LogP contribution in [0.15, 0.2) is 23.1 Å². The van der Waals surface area contributed by atoms with E-state index in [2.05, 4.69) is 5.32 Å². The Balaban J connectivity index is 1.95. The Morgan fingerprint density at radius 1 is 1.32 bits per heavy atom. The van der Waals surface area contributed by atoms with Crippen LogP contribution in [0.4, 0.5) is 5.69 Å². The van der Waals surface area contributed by atoms with Gasteiger partial charge in [0, 0.05) is 12.6 Å². The van der Waals surface area contributed by atoms with Crippen LogP contribution < -0.4 is 10.1 Å². The van der Waals surface area contributed by atoms with Crippen LogP contribution in [0.1, 0.15) is 13.8 Å². The van der Waals surface area contributed by atoms with Crippen molar-refractivity contribution in [3.63, 3.8) is 0 Å². The molecule has 0 aliphatic carbocycles. The van der Waals surface area contributed by atoms with Gasteiger partial charge in [-0.05, 0) is 32.0 Å². The Hall–Kier alpha value is -1.64. The summed E-state index contributed by atoms with van der Waals surface area (Å²) in [7, 11) is -3.65. The molecule has 2 aliphatic heterocycles. The molecule has 1 aromatic carbocycles. The van der Waals surface area contributed by atoms with Crippen molar-refractivity contribution in [3.8, 4) is 5.75 Å². The van der Waals surface area contributed by atoms with Crippen LogP contribution >= 0.6 is 0 Å². The Morgan fingerprint density at radius 3 is 2.86 bits per heavy atom. The van der Waals surface area contributed by atoms with Gasteiger partial charge in [-0.15, -0.1) is 0 Å². The smallest absolute Gasteiger partial charge is 0.262 e. The van der Waals surface area contributed by atoms with E-state index in [1.165, 1.54) is 16.4 Å². The van der Waals surface area contributed by atoms with Gasteiger partial charge in [0.25, 0.3) is 5.91 Å². The number of sulfonamides is 1. The summed E-state index contributed by atoms with van der Waals surface area (Å²) in [6, 6.07) is 4.27. The first-order chi connectivity index (χ1) is 10.4. The largest absolute Gasteiger partial charge is 0.482 e. The summed E-state index contributed by atoms with van der Waals surface area (Å²) < 4.78 is 37.8. The zero-order valence-corrected chi connectivity index (χ0v) is 13.2. The molecule has 120 valence electrons. The van der Waals surface area contributed by atoms with Crippen molar-refractivity contribution in [2.45, 2.75) is 30.9 Å². The highest BCUT2D eigenvalue weighted by molar-refractivity contribution is 7.89. The molecule has 1 N–H and O–H groups in total. The van der Waals surface area contributed by atoms with Crippen LogP contribution in [0.5, 0.6) is 5.75 Å². The van der Waals surface area contributed by atoms with E-state index in [0.717, 1.165) is 0 Å². The monoisotopic (exact) mass is 326 g/mol. The van der Waals surface area contributed by atoms with E-state index < -0.39 is 10.0 Å². The van der Waals surface area contributed by atoms with Gasteiger partial charge in [-0.1, -0.05) is 0 Å². The summed E-state index contributed by atoms with van der Waals surface area (Å²) in [6.45, 7) is 4.27. The summed E-state index contributed by atoms with van der Waals surface area (Å²) in [5.74, 6) is 0.178. The molecule has 0 radical (unpaired) electrons. The van der Waals surface area contributed by atoms with E-state index in [1.807, 2.05) is 13.8 Å². The first kappa shape index (κ1) is 15.3. The quantitative estimate of drug-likeness (QED) is 0.869. The topological polar surface area (TPSA) is 84.9 Å². The number of morpholine rings is 1. The molecule has 0 unspecified atom stereocenters. The summed E-state index contributed by atoms with van der Waals surface area (Å²) in [6.07, 6.45) is -0.147. The first-order valence-electron chi connectivity index (χ1n) is 7.08. The summed E-state index contributed by atoms with van der Waals surface area (Å²) >= 11 is 0. The van der Waals surface area contributed by atoms with Crippen LogP contribution in [0, 0.1) is 0 Å². The van der Waals surface area contributed by atoms with Gasteiger partial charge in [0.15, 0.2) is 6.61 Å². The molecule has 0 saturated carbocycles. The number of benzene rings is 1. The number of ether oxygens (including phenoxy) is 2. The Bertz CT molecular complexity index is 703. The number of nitrogens with one attached hydrogen (secondary N) is 1. The maximum absolute atomic E-state index is 12.8. The second-order valence-electron chi connectivity index (χ2n) is 5.56. The van der Waals surface area contributed by atoms with Crippen LogP contribution in [-0.4, -0.2) is 50.5 Å². The van der Waals surface area contributed by atoms with Gasteiger partial charge in [0.2, 0.25) is 10.0 Å². The number of hydrogen-bond acceptors (Lipinski definition) is 5. The summed E-state index contributed by atoms with van der Waals surface area (Å²) in [5.41, 5.74) is 0.381. The van der Waals surface area contributed by atoms with Crippen molar-refractivity contribution in [3.05, 3.63) is 18.2 Å². The average Bonchev–Trinajstić information content (AvgIpc) is 2.48. The third-order valence-electron chi connectivity index (χ3n) is 3.74. The SMILES string of the molecule is C[C@H]1CN(S(=O)(=O)c2ccc3c(c2)NC(=O)CO3)[C@@H](C)CO1.